The van der Waals surface area contributed by atoms with E-state index < -0.39 is 11.5 Å². The number of fused-ring (bicyclic) bond motifs is 2. The van der Waals surface area contributed by atoms with Crippen LogP contribution in [-0.2, 0) is 0 Å². The first kappa shape index (κ1) is 13.6. The van der Waals surface area contributed by atoms with Gasteiger partial charge in [-0.2, -0.15) is 4.98 Å². The van der Waals surface area contributed by atoms with E-state index in [1.165, 1.54) is 0 Å². The van der Waals surface area contributed by atoms with E-state index in [0.717, 1.165) is 24.8 Å². The highest BCUT2D eigenvalue weighted by Gasteiger charge is 2.55. The number of aliphatic hydroxyl groups is 2. The van der Waals surface area contributed by atoms with E-state index in [1.807, 2.05) is 6.92 Å². The van der Waals surface area contributed by atoms with Crippen LogP contribution in [0.15, 0.2) is 11.0 Å². The molecule has 2 aliphatic carbocycles. The Morgan fingerprint density at radius 1 is 1.60 bits per heavy atom. The maximum absolute atomic E-state index is 12.1. The van der Waals surface area contributed by atoms with Gasteiger partial charge in [-0.3, -0.25) is 4.57 Å². The molecule has 0 aliphatic heterocycles. The molecular weight excluding hydrogens is 258 g/mol. The van der Waals surface area contributed by atoms with Crippen molar-refractivity contribution in [2.45, 2.75) is 44.8 Å². The summed E-state index contributed by atoms with van der Waals surface area (Å²) in [7, 11) is 0. The van der Waals surface area contributed by atoms with E-state index in [9.17, 15) is 15.0 Å². The Morgan fingerprint density at radius 3 is 3.00 bits per heavy atom. The Labute approximate surface area is 117 Å². The van der Waals surface area contributed by atoms with Crippen molar-refractivity contribution >= 4 is 5.82 Å². The molecule has 0 aromatic carbocycles. The van der Waals surface area contributed by atoms with Gasteiger partial charge in [0, 0.05) is 29.1 Å². The molecule has 2 saturated carbocycles. The predicted octanol–water partition coefficient (Wildman–Crippen LogP) is 0.218. The van der Waals surface area contributed by atoms with Crippen LogP contribution in [0.3, 0.4) is 0 Å². The summed E-state index contributed by atoms with van der Waals surface area (Å²) >= 11 is 0. The van der Waals surface area contributed by atoms with Crippen LogP contribution in [0.25, 0.3) is 0 Å². The van der Waals surface area contributed by atoms with Gasteiger partial charge in [-0.1, -0.05) is 6.42 Å². The Hall–Kier alpha value is -1.40. The van der Waals surface area contributed by atoms with Gasteiger partial charge in [-0.25, -0.2) is 4.79 Å². The number of anilines is 1. The number of nitrogen functional groups attached to an aromatic ring is 1. The van der Waals surface area contributed by atoms with Crippen LogP contribution in [0.4, 0.5) is 5.82 Å². The van der Waals surface area contributed by atoms with Gasteiger partial charge in [0.15, 0.2) is 0 Å². The molecule has 3 rings (SSSR count). The molecule has 6 nitrogen and oxygen atoms in total. The summed E-state index contributed by atoms with van der Waals surface area (Å²) < 4.78 is 1.60. The van der Waals surface area contributed by atoms with Gasteiger partial charge >= 0.3 is 5.69 Å². The second-order valence-corrected chi connectivity index (χ2v) is 6.29. The van der Waals surface area contributed by atoms with Gasteiger partial charge in [0.25, 0.3) is 0 Å². The molecule has 4 atom stereocenters. The van der Waals surface area contributed by atoms with Crippen molar-refractivity contribution < 1.29 is 10.2 Å². The second kappa shape index (κ2) is 4.56. The number of hydrogen-bond acceptors (Lipinski definition) is 5. The number of nitrogens with two attached hydrogens (primary N) is 1. The fourth-order valence-electron chi connectivity index (χ4n) is 4.00. The minimum absolute atomic E-state index is 0.0124. The third-order valence-corrected chi connectivity index (χ3v) is 5.20. The Morgan fingerprint density at radius 2 is 2.35 bits per heavy atom. The molecule has 20 heavy (non-hydrogen) atoms. The number of aryl methyl sites for hydroxylation is 1. The number of aliphatic hydroxyl groups excluding tert-OH is 2. The summed E-state index contributed by atoms with van der Waals surface area (Å²) in [6, 6.07) is -0.0982. The van der Waals surface area contributed by atoms with Crippen LogP contribution in [0, 0.1) is 18.3 Å². The molecule has 0 spiro atoms. The monoisotopic (exact) mass is 279 g/mol. The third-order valence-electron chi connectivity index (χ3n) is 5.20. The molecule has 6 heteroatoms. The molecule has 2 bridgehead atoms. The predicted molar refractivity (Wildman–Crippen MR) is 74.2 cm³/mol. The number of aromatic nitrogens is 2. The highest BCUT2D eigenvalue weighted by atomic mass is 16.3. The number of rotatable bonds is 2. The van der Waals surface area contributed by atoms with Gasteiger partial charge in [0.05, 0.1) is 12.7 Å². The van der Waals surface area contributed by atoms with Crippen molar-refractivity contribution in [2.75, 3.05) is 12.3 Å². The quantitative estimate of drug-likeness (QED) is 0.719. The highest BCUT2D eigenvalue weighted by Crippen LogP contribution is 2.55. The maximum Gasteiger partial charge on any atom is 0.349 e. The molecule has 0 radical (unpaired) electrons. The van der Waals surface area contributed by atoms with Crippen molar-refractivity contribution in [1.29, 1.82) is 0 Å². The van der Waals surface area contributed by atoms with Gasteiger partial charge in [-0.15, -0.1) is 0 Å². The standard InChI is InChI=1S/C14H21N3O3/c1-8-6-17(13(20)16-12(8)15)10-5-14(7-18)4-2-3-9(10)11(14)19/h6,9-11,18-19H,2-5,7H2,1H3,(H2,15,16,20)/t9?,10-,11?,14-/m1/s1. The summed E-state index contributed by atoms with van der Waals surface area (Å²) in [5.74, 6) is 0.267. The second-order valence-electron chi connectivity index (χ2n) is 6.29. The van der Waals surface area contributed by atoms with Crippen LogP contribution in [0.1, 0.15) is 37.3 Å². The molecule has 4 N–H and O–H groups in total. The summed E-state index contributed by atoms with van der Waals surface area (Å²) in [4.78, 5) is 15.9. The van der Waals surface area contributed by atoms with E-state index in [1.54, 1.807) is 10.8 Å². The van der Waals surface area contributed by atoms with Crippen molar-refractivity contribution in [1.82, 2.24) is 9.55 Å². The smallest absolute Gasteiger partial charge is 0.349 e. The van der Waals surface area contributed by atoms with E-state index in [4.69, 9.17) is 5.73 Å². The van der Waals surface area contributed by atoms with Crippen molar-refractivity contribution in [3.05, 3.63) is 22.2 Å². The lowest BCUT2D eigenvalue weighted by Gasteiger charge is -2.36. The minimum atomic E-state index is -0.545. The molecule has 1 aromatic heterocycles. The summed E-state index contributed by atoms with van der Waals surface area (Å²) in [6.07, 6.45) is 4.48. The van der Waals surface area contributed by atoms with E-state index in [-0.39, 0.29) is 30.1 Å². The zero-order chi connectivity index (χ0) is 14.5. The first-order valence-electron chi connectivity index (χ1n) is 7.13. The highest BCUT2D eigenvalue weighted by molar-refractivity contribution is 5.35. The lowest BCUT2D eigenvalue weighted by molar-refractivity contribution is -0.0415. The third kappa shape index (κ3) is 1.78. The molecule has 0 saturated heterocycles. The van der Waals surface area contributed by atoms with Crippen LogP contribution >= 0.6 is 0 Å². The van der Waals surface area contributed by atoms with E-state index >= 15 is 0 Å². The van der Waals surface area contributed by atoms with Gasteiger partial charge in [-0.05, 0) is 26.2 Å². The SMILES string of the molecule is Cc1cn([C@@H]2C[C@@]3(CO)CCCC2C3O)c(=O)nc1N. The van der Waals surface area contributed by atoms with Gasteiger partial charge in [0.1, 0.15) is 5.82 Å². The fourth-order valence-corrected chi connectivity index (χ4v) is 4.00. The van der Waals surface area contributed by atoms with Crippen LogP contribution < -0.4 is 11.4 Å². The summed E-state index contributed by atoms with van der Waals surface area (Å²) in [5, 5.41) is 20.2. The van der Waals surface area contributed by atoms with Crippen LogP contribution in [0.2, 0.25) is 0 Å². The number of nitrogens with zero attached hydrogens (tertiary/aromatic N) is 2. The first-order chi connectivity index (χ1) is 9.48. The van der Waals surface area contributed by atoms with Crippen LogP contribution in [0.5, 0.6) is 0 Å². The molecule has 1 heterocycles. The average molecular weight is 279 g/mol. The Bertz CT molecular complexity index is 586. The maximum atomic E-state index is 12.1. The first-order valence-corrected chi connectivity index (χ1v) is 7.13. The summed E-state index contributed by atoms with van der Waals surface area (Å²) in [5.41, 5.74) is 5.60. The Kier molecular flexibility index (Phi) is 3.10. The van der Waals surface area contributed by atoms with Crippen LogP contribution in [-0.4, -0.2) is 32.5 Å². The topological polar surface area (TPSA) is 101 Å². The molecule has 110 valence electrons. The molecule has 1 aromatic rings. The molecule has 2 aliphatic rings. The lowest BCUT2D eigenvalue weighted by Crippen LogP contribution is -2.40. The molecule has 0 amide bonds. The average Bonchev–Trinajstić information content (AvgIpc) is 2.60. The minimum Gasteiger partial charge on any atom is -0.396 e. The van der Waals surface area contributed by atoms with E-state index in [2.05, 4.69) is 4.98 Å². The molecule has 2 fully saturated rings. The van der Waals surface area contributed by atoms with Crippen molar-refractivity contribution in [3.63, 3.8) is 0 Å². The Balaban J connectivity index is 2.04. The largest absolute Gasteiger partial charge is 0.396 e. The van der Waals surface area contributed by atoms with Gasteiger partial charge in [0.2, 0.25) is 0 Å². The zero-order valence-electron chi connectivity index (χ0n) is 11.6. The number of hydrogen-bond donors (Lipinski definition) is 3. The zero-order valence-corrected chi connectivity index (χ0v) is 11.6. The van der Waals surface area contributed by atoms with E-state index in [0.29, 0.717) is 6.42 Å². The summed E-state index contributed by atoms with van der Waals surface area (Å²) in [6.45, 7) is 1.79. The normalized spacial score (nSPS) is 36.2. The molecule has 2 unspecified atom stereocenters. The molecular formula is C14H21N3O3. The van der Waals surface area contributed by atoms with Gasteiger partial charge < -0.3 is 15.9 Å². The fraction of sp³-hybridized carbons (Fsp3) is 0.714. The lowest BCUT2D eigenvalue weighted by atomic mass is 9.74. The van der Waals surface area contributed by atoms with Crippen molar-refractivity contribution in [3.8, 4) is 0 Å². The van der Waals surface area contributed by atoms with Crippen molar-refractivity contribution in [2.24, 2.45) is 11.3 Å².